The molecule has 0 bridgehead atoms. The van der Waals surface area contributed by atoms with Crippen LogP contribution in [0.25, 0.3) is 10.4 Å². The molecular weight excluding hydrogens is 240 g/mol. The smallest absolute Gasteiger partial charge is 0.0435 e. The van der Waals surface area contributed by atoms with E-state index < -0.39 is 0 Å². The summed E-state index contributed by atoms with van der Waals surface area (Å²) in [4.78, 5) is 6.95. The molecule has 0 radical (unpaired) electrons. The molecule has 0 aliphatic rings. The van der Waals surface area contributed by atoms with Crippen molar-refractivity contribution in [3.05, 3.63) is 41.0 Å². The molecule has 0 saturated carbocycles. The number of nitrogens with one attached hydrogen (secondary N) is 1. The van der Waals surface area contributed by atoms with Gasteiger partial charge >= 0.3 is 0 Å². The maximum atomic E-state index is 4.26. The quantitative estimate of drug-likeness (QED) is 0.897. The third kappa shape index (κ3) is 2.79. The van der Waals surface area contributed by atoms with Crippen molar-refractivity contribution in [1.82, 2.24) is 10.3 Å². The summed E-state index contributed by atoms with van der Waals surface area (Å²) in [5.74, 6) is 0.595. The van der Waals surface area contributed by atoms with Crippen LogP contribution in [0.2, 0.25) is 0 Å². The maximum Gasteiger partial charge on any atom is 0.0435 e. The summed E-state index contributed by atoms with van der Waals surface area (Å²) in [6, 6.07) is 7.04. The van der Waals surface area contributed by atoms with Crippen molar-refractivity contribution in [1.29, 1.82) is 0 Å². The SMILES string of the molecule is CNC(c1ccc(-c2cncc(C)c2)s1)C(C)C. The van der Waals surface area contributed by atoms with Crippen molar-refractivity contribution in [2.45, 2.75) is 26.8 Å². The number of aryl methyl sites for hydroxylation is 1. The first kappa shape index (κ1) is 13.2. The second-order valence-electron chi connectivity index (χ2n) is 4.96. The van der Waals surface area contributed by atoms with Gasteiger partial charge < -0.3 is 5.32 Å². The molecule has 0 fully saturated rings. The van der Waals surface area contributed by atoms with Crippen molar-refractivity contribution in [2.75, 3.05) is 7.05 Å². The fraction of sp³-hybridized carbons (Fsp3) is 0.400. The lowest BCUT2D eigenvalue weighted by atomic mass is 10.0. The molecule has 2 heterocycles. The highest BCUT2D eigenvalue weighted by Crippen LogP contribution is 2.33. The fourth-order valence-corrected chi connectivity index (χ4v) is 3.44. The van der Waals surface area contributed by atoms with Crippen molar-refractivity contribution in [3.8, 4) is 10.4 Å². The van der Waals surface area contributed by atoms with Crippen molar-refractivity contribution >= 4 is 11.3 Å². The Labute approximate surface area is 113 Å². The van der Waals surface area contributed by atoms with E-state index in [9.17, 15) is 0 Å². The van der Waals surface area contributed by atoms with E-state index in [4.69, 9.17) is 0 Å². The molecule has 1 unspecified atom stereocenters. The fourth-order valence-electron chi connectivity index (χ4n) is 2.17. The van der Waals surface area contributed by atoms with Crippen molar-refractivity contribution in [2.24, 2.45) is 5.92 Å². The number of aromatic nitrogens is 1. The van der Waals surface area contributed by atoms with Crippen LogP contribution in [0.5, 0.6) is 0 Å². The Morgan fingerprint density at radius 2 is 2.00 bits per heavy atom. The van der Waals surface area contributed by atoms with Crippen LogP contribution in [-0.4, -0.2) is 12.0 Å². The maximum absolute atomic E-state index is 4.26. The van der Waals surface area contributed by atoms with Crippen molar-refractivity contribution in [3.63, 3.8) is 0 Å². The molecule has 3 heteroatoms. The molecule has 2 nitrogen and oxygen atoms in total. The van der Waals surface area contributed by atoms with Crippen LogP contribution in [0.15, 0.2) is 30.6 Å². The van der Waals surface area contributed by atoms with E-state index in [0.29, 0.717) is 12.0 Å². The first-order chi connectivity index (χ1) is 8.61. The van der Waals surface area contributed by atoms with Crippen LogP contribution >= 0.6 is 11.3 Å². The Balaban J connectivity index is 2.30. The van der Waals surface area contributed by atoms with Crippen LogP contribution in [0.1, 0.15) is 30.3 Å². The highest BCUT2D eigenvalue weighted by atomic mass is 32.1. The van der Waals surface area contributed by atoms with Gasteiger partial charge in [0.2, 0.25) is 0 Å². The van der Waals surface area contributed by atoms with E-state index in [-0.39, 0.29) is 0 Å². The molecule has 2 aromatic rings. The highest BCUT2D eigenvalue weighted by Gasteiger charge is 2.16. The molecule has 2 aromatic heterocycles. The van der Waals surface area contributed by atoms with Gasteiger partial charge in [0.15, 0.2) is 0 Å². The second-order valence-corrected chi connectivity index (χ2v) is 6.08. The van der Waals surface area contributed by atoms with Crippen LogP contribution in [0.3, 0.4) is 0 Å². The van der Waals surface area contributed by atoms with E-state index in [1.807, 2.05) is 30.8 Å². The lowest BCUT2D eigenvalue weighted by molar-refractivity contribution is 0.449. The van der Waals surface area contributed by atoms with E-state index in [1.165, 1.54) is 20.9 Å². The van der Waals surface area contributed by atoms with Crippen LogP contribution in [0.4, 0.5) is 0 Å². The largest absolute Gasteiger partial charge is 0.312 e. The highest BCUT2D eigenvalue weighted by molar-refractivity contribution is 7.15. The third-order valence-electron chi connectivity index (χ3n) is 3.07. The summed E-state index contributed by atoms with van der Waals surface area (Å²) in [5, 5.41) is 3.39. The summed E-state index contributed by atoms with van der Waals surface area (Å²) >= 11 is 1.85. The number of hydrogen-bond acceptors (Lipinski definition) is 3. The molecule has 0 aliphatic carbocycles. The van der Waals surface area contributed by atoms with Crippen LogP contribution in [0, 0.1) is 12.8 Å². The number of nitrogens with zero attached hydrogens (tertiary/aromatic N) is 1. The normalized spacial score (nSPS) is 12.9. The Morgan fingerprint density at radius 1 is 1.22 bits per heavy atom. The summed E-state index contributed by atoms with van der Waals surface area (Å²) in [6.45, 7) is 6.57. The van der Waals surface area contributed by atoms with Gasteiger partial charge in [-0.3, -0.25) is 4.98 Å². The zero-order valence-corrected chi connectivity index (χ0v) is 12.2. The average molecular weight is 260 g/mol. The molecule has 18 heavy (non-hydrogen) atoms. The minimum Gasteiger partial charge on any atom is -0.312 e. The summed E-state index contributed by atoms with van der Waals surface area (Å²) in [5.41, 5.74) is 2.42. The monoisotopic (exact) mass is 260 g/mol. The first-order valence-electron chi connectivity index (χ1n) is 6.31. The molecule has 0 amide bonds. The molecule has 0 aliphatic heterocycles. The molecule has 96 valence electrons. The van der Waals surface area contributed by atoms with Gasteiger partial charge in [0, 0.05) is 33.8 Å². The zero-order valence-electron chi connectivity index (χ0n) is 11.4. The van der Waals surface area contributed by atoms with Crippen LogP contribution in [-0.2, 0) is 0 Å². The minimum absolute atomic E-state index is 0.432. The van der Waals surface area contributed by atoms with Crippen molar-refractivity contribution < 1.29 is 0 Å². The Morgan fingerprint density at radius 3 is 2.61 bits per heavy atom. The Bertz CT molecular complexity index is 517. The van der Waals surface area contributed by atoms with E-state index in [1.54, 1.807) is 0 Å². The predicted octanol–water partition coefficient (Wildman–Crippen LogP) is 4.04. The van der Waals surface area contributed by atoms with E-state index in [0.717, 1.165) is 0 Å². The van der Waals surface area contributed by atoms with Gasteiger partial charge in [-0.15, -0.1) is 11.3 Å². The summed E-state index contributed by atoms with van der Waals surface area (Å²) < 4.78 is 0. The van der Waals surface area contributed by atoms with E-state index >= 15 is 0 Å². The van der Waals surface area contributed by atoms with Crippen LogP contribution < -0.4 is 5.32 Å². The molecule has 0 spiro atoms. The first-order valence-corrected chi connectivity index (χ1v) is 7.12. The van der Waals surface area contributed by atoms with Gasteiger partial charge in [-0.1, -0.05) is 13.8 Å². The topological polar surface area (TPSA) is 24.9 Å². The van der Waals surface area contributed by atoms with Gasteiger partial charge in [-0.25, -0.2) is 0 Å². The van der Waals surface area contributed by atoms with Gasteiger partial charge in [0.1, 0.15) is 0 Å². The molecular formula is C15H20N2S. The molecule has 0 aromatic carbocycles. The molecule has 0 saturated heterocycles. The van der Waals surface area contributed by atoms with Gasteiger partial charge in [0.25, 0.3) is 0 Å². The number of pyridine rings is 1. The number of rotatable bonds is 4. The minimum atomic E-state index is 0.432. The number of thiophene rings is 1. The predicted molar refractivity (Wildman–Crippen MR) is 78.9 cm³/mol. The summed E-state index contributed by atoms with van der Waals surface area (Å²) in [7, 11) is 2.03. The lowest BCUT2D eigenvalue weighted by Crippen LogP contribution is -2.20. The Hall–Kier alpha value is -1.19. The Kier molecular flexibility index (Phi) is 4.15. The molecule has 2 rings (SSSR count). The van der Waals surface area contributed by atoms with E-state index in [2.05, 4.69) is 49.3 Å². The zero-order chi connectivity index (χ0) is 13.1. The number of hydrogen-bond donors (Lipinski definition) is 1. The second kappa shape index (κ2) is 5.63. The molecule has 1 N–H and O–H groups in total. The van der Waals surface area contributed by atoms with Gasteiger partial charge in [-0.05, 0) is 43.7 Å². The van der Waals surface area contributed by atoms with Gasteiger partial charge in [0.05, 0.1) is 0 Å². The third-order valence-corrected chi connectivity index (χ3v) is 4.29. The summed E-state index contributed by atoms with van der Waals surface area (Å²) in [6.07, 6.45) is 3.83. The standard InChI is InChI=1S/C15H20N2S/c1-10(2)15(16-4)14-6-5-13(18-14)12-7-11(3)8-17-9-12/h5-10,15-16H,1-4H3. The lowest BCUT2D eigenvalue weighted by Gasteiger charge is -2.18. The van der Waals surface area contributed by atoms with Gasteiger partial charge in [-0.2, -0.15) is 0 Å². The molecule has 1 atom stereocenters. The average Bonchev–Trinajstić information content (AvgIpc) is 2.79.